The van der Waals surface area contributed by atoms with Crippen LogP contribution in [0.5, 0.6) is 0 Å². The van der Waals surface area contributed by atoms with E-state index in [0.717, 1.165) is 6.61 Å². The number of nitrogens with two attached hydrogens (primary N) is 1. The lowest BCUT2D eigenvalue weighted by Crippen LogP contribution is -2.38. The maximum Gasteiger partial charge on any atom is 0.0618 e. The molecule has 0 radical (unpaired) electrons. The molecule has 1 saturated carbocycles. The second-order valence-corrected chi connectivity index (χ2v) is 3.46. The molecule has 2 heteroatoms. The van der Waals surface area contributed by atoms with Crippen molar-refractivity contribution in [1.29, 1.82) is 0 Å². The van der Waals surface area contributed by atoms with E-state index in [1.54, 1.807) is 0 Å². The van der Waals surface area contributed by atoms with Gasteiger partial charge in [-0.05, 0) is 25.7 Å². The van der Waals surface area contributed by atoms with Gasteiger partial charge in [0.2, 0.25) is 0 Å². The summed E-state index contributed by atoms with van der Waals surface area (Å²) >= 11 is 0. The summed E-state index contributed by atoms with van der Waals surface area (Å²) in [5, 5.41) is 0. The molecular formula is C8H15NO. The molecule has 0 aromatic rings. The molecule has 0 unspecified atom stereocenters. The summed E-state index contributed by atoms with van der Waals surface area (Å²) in [6.45, 7) is 0.947. The van der Waals surface area contributed by atoms with Crippen molar-refractivity contribution in [3.8, 4) is 0 Å². The summed E-state index contributed by atoms with van der Waals surface area (Å²) in [6, 6.07) is 0.432. The maximum atomic E-state index is 5.94. The lowest BCUT2D eigenvalue weighted by atomic mass is 9.82. The molecule has 0 amide bonds. The minimum Gasteiger partial charge on any atom is -0.378 e. The highest BCUT2D eigenvalue weighted by Crippen LogP contribution is 2.33. The average Bonchev–Trinajstić information content (AvgIpc) is 2.36. The van der Waals surface area contributed by atoms with Gasteiger partial charge in [-0.3, -0.25) is 0 Å². The molecule has 0 aromatic heterocycles. The van der Waals surface area contributed by atoms with Gasteiger partial charge in [-0.15, -0.1) is 0 Å². The van der Waals surface area contributed by atoms with E-state index < -0.39 is 0 Å². The molecule has 0 spiro atoms. The molecule has 1 aliphatic heterocycles. The number of fused-ring (bicyclic) bond motifs is 1. The number of hydrogen-bond acceptors (Lipinski definition) is 2. The molecule has 0 bridgehead atoms. The largest absolute Gasteiger partial charge is 0.378 e. The topological polar surface area (TPSA) is 35.2 Å². The van der Waals surface area contributed by atoms with Crippen LogP contribution in [-0.2, 0) is 4.74 Å². The van der Waals surface area contributed by atoms with Crippen molar-refractivity contribution in [2.24, 2.45) is 11.7 Å². The highest BCUT2D eigenvalue weighted by molar-refractivity contribution is 4.88. The lowest BCUT2D eigenvalue weighted by molar-refractivity contribution is 0.0593. The van der Waals surface area contributed by atoms with Crippen LogP contribution in [0.25, 0.3) is 0 Å². The third-order valence-electron chi connectivity index (χ3n) is 2.84. The monoisotopic (exact) mass is 141 g/mol. The van der Waals surface area contributed by atoms with Crippen molar-refractivity contribution in [2.45, 2.75) is 37.8 Å². The molecule has 58 valence electrons. The van der Waals surface area contributed by atoms with Crippen LogP contribution in [0.4, 0.5) is 0 Å². The molecule has 1 heterocycles. The van der Waals surface area contributed by atoms with Gasteiger partial charge >= 0.3 is 0 Å². The van der Waals surface area contributed by atoms with E-state index in [1.807, 2.05) is 0 Å². The molecule has 10 heavy (non-hydrogen) atoms. The Morgan fingerprint density at radius 1 is 1.20 bits per heavy atom. The summed E-state index contributed by atoms with van der Waals surface area (Å²) < 4.78 is 5.55. The van der Waals surface area contributed by atoms with Crippen LogP contribution >= 0.6 is 0 Å². The molecule has 2 N–H and O–H groups in total. The summed E-state index contributed by atoms with van der Waals surface area (Å²) in [5.74, 6) is 0.689. The van der Waals surface area contributed by atoms with E-state index in [2.05, 4.69) is 0 Å². The van der Waals surface area contributed by atoms with Crippen molar-refractivity contribution >= 4 is 0 Å². The second-order valence-electron chi connectivity index (χ2n) is 3.46. The minimum atomic E-state index is 0.432. The van der Waals surface area contributed by atoms with Gasteiger partial charge in [0.05, 0.1) is 6.10 Å². The molecule has 3 atom stereocenters. The highest BCUT2D eigenvalue weighted by Gasteiger charge is 2.35. The van der Waals surface area contributed by atoms with Gasteiger partial charge in [0.25, 0.3) is 0 Å². The van der Waals surface area contributed by atoms with Gasteiger partial charge in [0.15, 0.2) is 0 Å². The predicted molar refractivity (Wildman–Crippen MR) is 39.7 cm³/mol. The second kappa shape index (κ2) is 2.51. The van der Waals surface area contributed by atoms with E-state index in [4.69, 9.17) is 10.5 Å². The average molecular weight is 141 g/mol. The first kappa shape index (κ1) is 6.62. The Morgan fingerprint density at radius 3 is 2.90 bits per heavy atom. The number of ether oxygens (including phenoxy) is 1. The summed E-state index contributed by atoms with van der Waals surface area (Å²) in [7, 11) is 0. The van der Waals surface area contributed by atoms with Crippen LogP contribution in [0.2, 0.25) is 0 Å². The summed E-state index contributed by atoms with van der Waals surface area (Å²) in [4.78, 5) is 0. The van der Waals surface area contributed by atoms with E-state index in [0.29, 0.717) is 18.1 Å². The van der Waals surface area contributed by atoms with Crippen molar-refractivity contribution < 1.29 is 4.74 Å². The number of hydrogen-bond donors (Lipinski definition) is 1. The first-order valence-electron chi connectivity index (χ1n) is 4.25. The Kier molecular flexibility index (Phi) is 1.66. The first-order chi connectivity index (χ1) is 4.88. The molecule has 0 aromatic carbocycles. The van der Waals surface area contributed by atoms with Gasteiger partial charge in [0.1, 0.15) is 0 Å². The van der Waals surface area contributed by atoms with Gasteiger partial charge in [-0.1, -0.05) is 0 Å². The SMILES string of the molecule is N[C@H]1CCC[C@H]2OCC[C@H]12. The van der Waals surface area contributed by atoms with Crippen LogP contribution in [0.1, 0.15) is 25.7 Å². The normalized spacial score (nSPS) is 47.1. The molecule has 2 fully saturated rings. The molecular weight excluding hydrogens is 126 g/mol. The smallest absolute Gasteiger partial charge is 0.0618 e. The Bertz CT molecular complexity index is 126. The van der Waals surface area contributed by atoms with Gasteiger partial charge in [-0.25, -0.2) is 0 Å². The standard InChI is InChI=1S/C8H15NO/c9-7-2-1-3-8-6(7)4-5-10-8/h6-8H,1-5,9H2/t6-,7+,8-/m1/s1. The van der Waals surface area contributed by atoms with Gasteiger partial charge < -0.3 is 10.5 Å². The lowest BCUT2D eigenvalue weighted by Gasteiger charge is -2.29. The van der Waals surface area contributed by atoms with E-state index in [9.17, 15) is 0 Å². The van der Waals surface area contributed by atoms with Crippen LogP contribution in [0.15, 0.2) is 0 Å². The van der Waals surface area contributed by atoms with Gasteiger partial charge in [-0.2, -0.15) is 0 Å². The van der Waals surface area contributed by atoms with E-state index >= 15 is 0 Å². The van der Waals surface area contributed by atoms with Crippen molar-refractivity contribution in [2.75, 3.05) is 6.61 Å². The zero-order chi connectivity index (χ0) is 6.97. The van der Waals surface area contributed by atoms with E-state index in [1.165, 1.54) is 25.7 Å². The third-order valence-corrected chi connectivity index (χ3v) is 2.84. The van der Waals surface area contributed by atoms with E-state index in [-0.39, 0.29) is 0 Å². The predicted octanol–water partition coefficient (Wildman–Crippen LogP) is 0.903. The Morgan fingerprint density at radius 2 is 2.10 bits per heavy atom. The van der Waals surface area contributed by atoms with Crippen molar-refractivity contribution in [1.82, 2.24) is 0 Å². The fraction of sp³-hybridized carbons (Fsp3) is 1.00. The fourth-order valence-electron chi connectivity index (χ4n) is 2.22. The molecule has 2 aliphatic rings. The Labute approximate surface area is 61.7 Å². The summed E-state index contributed by atoms with van der Waals surface area (Å²) in [6.07, 6.45) is 5.44. The molecule has 1 saturated heterocycles. The number of rotatable bonds is 0. The quantitative estimate of drug-likeness (QED) is 0.544. The zero-order valence-corrected chi connectivity index (χ0v) is 6.25. The van der Waals surface area contributed by atoms with Crippen LogP contribution in [0, 0.1) is 5.92 Å². The fourth-order valence-corrected chi connectivity index (χ4v) is 2.22. The maximum absolute atomic E-state index is 5.94. The molecule has 2 rings (SSSR count). The molecule has 2 nitrogen and oxygen atoms in total. The first-order valence-corrected chi connectivity index (χ1v) is 4.25. The van der Waals surface area contributed by atoms with Crippen molar-refractivity contribution in [3.63, 3.8) is 0 Å². The van der Waals surface area contributed by atoms with Crippen LogP contribution in [-0.4, -0.2) is 18.8 Å². The zero-order valence-electron chi connectivity index (χ0n) is 6.25. The van der Waals surface area contributed by atoms with Crippen LogP contribution < -0.4 is 5.73 Å². The third kappa shape index (κ3) is 0.956. The Hall–Kier alpha value is -0.0800. The highest BCUT2D eigenvalue weighted by atomic mass is 16.5. The summed E-state index contributed by atoms with van der Waals surface area (Å²) in [5.41, 5.74) is 5.94. The minimum absolute atomic E-state index is 0.432. The van der Waals surface area contributed by atoms with Crippen molar-refractivity contribution in [3.05, 3.63) is 0 Å². The van der Waals surface area contributed by atoms with Crippen LogP contribution in [0.3, 0.4) is 0 Å². The Balaban J connectivity index is 2.03. The molecule has 1 aliphatic carbocycles. The van der Waals surface area contributed by atoms with Gasteiger partial charge in [0, 0.05) is 18.6 Å².